The standard InChI is InChI=1S/C19H8N4O2/c24-18-11-6-2-4-9-3-1-5-10(16(9)11)17-20-14-7-12-13(22-19(25)21-12)8-15(14)23(17)18/h1-8H. The van der Waals surface area contributed by atoms with Crippen LogP contribution in [0.1, 0.15) is 0 Å². The monoisotopic (exact) mass is 324 g/mol. The minimum atomic E-state index is -0.525. The molecule has 2 aromatic heterocycles. The smallest absolute Gasteiger partial charge is 0.268 e. The molecule has 0 bridgehead atoms. The van der Waals surface area contributed by atoms with E-state index in [1.807, 2.05) is 36.4 Å². The van der Waals surface area contributed by atoms with Crippen molar-refractivity contribution in [2.24, 2.45) is 9.98 Å². The Morgan fingerprint density at radius 3 is 2.36 bits per heavy atom. The SMILES string of the molecule is O=C1N=c2cc3nc4c5cccc6cccc(c(=O)n4c3cc2=N1)c65. The summed E-state index contributed by atoms with van der Waals surface area (Å²) in [5, 5.41) is 4.49. The Bertz CT molecular complexity index is 1580. The molecule has 0 saturated carbocycles. The minimum Gasteiger partial charge on any atom is -0.268 e. The van der Waals surface area contributed by atoms with Gasteiger partial charge in [0.25, 0.3) is 5.56 Å². The van der Waals surface area contributed by atoms with Crippen LogP contribution in [0.2, 0.25) is 0 Å². The van der Waals surface area contributed by atoms with Gasteiger partial charge in [-0.25, -0.2) is 9.78 Å². The molecule has 3 heterocycles. The van der Waals surface area contributed by atoms with Crippen LogP contribution in [0.25, 0.3) is 38.2 Å². The molecule has 0 unspecified atom stereocenters. The van der Waals surface area contributed by atoms with E-state index in [4.69, 9.17) is 0 Å². The van der Waals surface area contributed by atoms with Crippen LogP contribution < -0.4 is 16.3 Å². The fourth-order valence-electron chi connectivity index (χ4n) is 3.72. The molecule has 2 amide bonds. The Balaban J connectivity index is 1.99. The summed E-state index contributed by atoms with van der Waals surface area (Å²) >= 11 is 0. The van der Waals surface area contributed by atoms with E-state index in [0.717, 1.165) is 16.2 Å². The van der Waals surface area contributed by atoms with Crippen molar-refractivity contribution in [3.63, 3.8) is 0 Å². The molecule has 0 saturated heterocycles. The third kappa shape index (κ3) is 1.46. The van der Waals surface area contributed by atoms with E-state index < -0.39 is 6.03 Å². The quantitative estimate of drug-likeness (QED) is 0.437. The lowest BCUT2D eigenvalue weighted by atomic mass is 10.0. The number of amides is 2. The zero-order valence-electron chi connectivity index (χ0n) is 12.7. The van der Waals surface area contributed by atoms with Gasteiger partial charge in [0.15, 0.2) is 0 Å². The number of fused-ring (bicyclic) bond motifs is 5. The van der Waals surface area contributed by atoms with Gasteiger partial charge in [0.05, 0.1) is 21.7 Å². The van der Waals surface area contributed by atoms with Gasteiger partial charge in [-0.2, -0.15) is 9.98 Å². The lowest BCUT2D eigenvalue weighted by molar-refractivity contribution is 0.256. The number of hydrogen-bond acceptors (Lipinski definition) is 3. The summed E-state index contributed by atoms with van der Waals surface area (Å²) in [5.41, 5.74) is 1.75. The number of carbonyl (C=O) groups is 1. The fraction of sp³-hybridized carbons (Fsp3) is 0. The molecule has 0 N–H and O–H groups in total. The summed E-state index contributed by atoms with van der Waals surface area (Å²) in [5.74, 6) is 0. The molecule has 1 aliphatic heterocycles. The maximum atomic E-state index is 13.1. The van der Waals surface area contributed by atoms with E-state index in [1.54, 1.807) is 16.5 Å². The van der Waals surface area contributed by atoms with Gasteiger partial charge < -0.3 is 0 Å². The van der Waals surface area contributed by atoms with E-state index in [2.05, 4.69) is 15.0 Å². The van der Waals surface area contributed by atoms with E-state index >= 15 is 0 Å². The highest BCUT2D eigenvalue weighted by molar-refractivity contribution is 6.15. The summed E-state index contributed by atoms with van der Waals surface area (Å²) in [6.45, 7) is 0. The van der Waals surface area contributed by atoms with Gasteiger partial charge in [-0.3, -0.25) is 9.20 Å². The maximum absolute atomic E-state index is 13.1. The van der Waals surface area contributed by atoms with Crippen molar-refractivity contribution in [1.29, 1.82) is 0 Å². The van der Waals surface area contributed by atoms with Gasteiger partial charge >= 0.3 is 6.03 Å². The number of pyridine rings is 1. The highest BCUT2D eigenvalue weighted by Gasteiger charge is 2.17. The van der Waals surface area contributed by atoms with Crippen molar-refractivity contribution in [3.05, 3.63) is 69.6 Å². The topological polar surface area (TPSA) is 76.2 Å². The van der Waals surface area contributed by atoms with Crippen molar-refractivity contribution in [3.8, 4) is 0 Å². The predicted octanol–water partition coefficient (Wildman–Crippen LogP) is 1.96. The van der Waals surface area contributed by atoms with Crippen LogP contribution in [0.3, 0.4) is 0 Å². The molecular formula is C19H8N4O2. The molecule has 0 spiro atoms. The molecule has 6 rings (SSSR count). The molecule has 5 aromatic rings. The Morgan fingerprint density at radius 1 is 0.840 bits per heavy atom. The third-order valence-electron chi connectivity index (χ3n) is 4.76. The van der Waals surface area contributed by atoms with Crippen LogP contribution in [0.4, 0.5) is 4.79 Å². The first-order chi connectivity index (χ1) is 12.2. The summed E-state index contributed by atoms with van der Waals surface area (Å²) in [6.07, 6.45) is 0. The highest BCUT2D eigenvalue weighted by Crippen LogP contribution is 2.28. The van der Waals surface area contributed by atoms with Crippen LogP contribution in [-0.4, -0.2) is 15.4 Å². The molecular weight excluding hydrogens is 316 g/mol. The molecule has 0 fully saturated rings. The summed E-state index contributed by atoms with van der Waals surface area (Å²) in [6, 6.07) is 14.5. The predicted molar refractivity (Wildman–Crippen MR) is 92.9 cm³/mol. The highest BCUT2D eigenvalue weighted by atomic mass is 16.2. The maximum Gasteiger partial charge on any atom is 0.368 e. The third-order valence-corrected chi connectivity index (χ3v) is 4.76. The first kappa shape index (κ1) is 12.7. The number of urea groups is 1. The molecule has 1 aliphatic rings. The van der Waals surface area contributed by atoms with E-state index in [1.165, 1.54) is 0 Å². The Labute approximate surface area is 138 Å². The summed E-state index contributed by atoms with van der Waals surface area (Å²) in [7, 11) is 0. The minimum absolute atomic E-state index is 0.122. The number of benzene rings is 3. The van der Waals surface area contributed by atoms with Gasteiger partial charge in [-0.15, -0.1) is 0 Å². The Kier molecular flexibility index (Phi) is 2.06. The molecule has 0 radical (unpaired) electrons. The number of rotatable bonds is 0. The Hall–Kier alpha value is -3.67. The molecule has 0 aliphatic carbocycles. The number of aromatic nitrogens is 2. The van der Waals surface area contributed by atoms with Crippen LogP contribution >= 0.6 is 0 Å². The number of imidazole rings is 1. The van der Waals surface area contributed by atoms with Crippen LogP contribution in [0.5, 0.6) is 0 Å². The van der Waals surface area contributed by atoms with Crippen LogP contribution in [0.15, 0.2) is 63.3 Å². The van der Waals surface area contributed by atoms with E-state index in [0.29, 0.717) is 32.8 Å². The number of nitrogens with zero attached hydrogens (tertiary/aromatic N) is 4. The Morgan fingerprint density at radius 2 is 1.56 bits per heavy atom. The van der Waals surface area contributed by atoms with Crippen molar-refractivity contribution < 1.29 is 4.79 Å². The van der Waals surface area contributed by atoms with Crippen molar-refractivity contribution in [1.82, 2.24) is 9.38 Å². The zero-order chi connectivity index (χ0) is 16.7. The molecule has 0 atom stereocenters. The van der Waals surface area contributed by atoms with Crippen molar-refractivity contribution in [2.75, 3.05) is 0 Å². The second kappa shape index (κ2) is 4.05. The molecule has 116 valence electrons. The normalized spacial score (nSPS) is 13.7. The van der Waals surface area contributed by atoms with Gasteiger partial charge in [0, 0.05) is 16.2 Å². The molecule has 6 nitrogen and oxygen atoms in total. The average Bonchev–Trinajstić information content (AvgIpc) is 3.16. The zero-order valence-corrected chi connectivity index (χ0v) is 12.7. The van der Waals surface area contributed by atoms with Gasteiger partial charge in [0.2, 0.25) is 0 Å². The summed E-state index contributed by atoms with van der Waals surface area (Å²) in [4.78, 5) is 37.0. The summed E-state index contributed by atoms with van der Waals surface area (Å²) < 4.78 is 1.60. The van der Waals surface area contributed by atoms with Gasteiger partial charge in [-0.1, -0.05) is 30.3 Å². The van der Waals surface area contributed by atoms with E-state index in [-0.39, 0.29) is 5.56 Å². The lowest BCUT2D eigenvalue weighted by Gasteiger charge is -2.06. The average molecular weight is 324 g/mol. The molecule has 25 heavy (non-hydrogen) atoms. The van der Waals surface area contributed by atoms with Gasteiger partial charge in [0.1, 0.15) is 5.65 Å². The van der Waals surface area contributed by atoms with E-state index in [9.17, 15) is 9.59 Å². The van der Waals surface area contributed by atoms with Crippen molar-refractivity contribution >= 4 is 44.3 Å². The first-order valence-corrected chi connectivity index (χ1v) is 7.81. The second-order valence-corrected chi connectivity index (χ2v) is 6.12. The van der Waals surface area contributed by atoms with Gasteiger partial charge in [-0.05, 0) is 23.6 Å². The lowest BCUT2D eigenvalue weighted by Crippen LogP contribution is -2.22. The molecule has 6 heteroatoms. The molecule has 3 aromatic carbocycles. The van der Waals surface area contributed by atoms with Crippen LogP contribution in [-0.2, 0) is 0 Å². The number of carbonyl (C=O) groups excluding carboxylic acids is 1. The fourth-order valence-corrected chi connectivity index (χ4v) is 3.72. The first-order valence-electron chi connectivity index (χ1n) is 7.81. The number of hydrogen-bond donors (Lipinski definition) is 0. The van der Waals surface area contributed by atoms with Crippen molar-refractivity contribution in [2.45, 2.75) is 0 Å². The van der Waals surface area contributed by atoms with Crippen LogP contribution in [0, 0.1) is 0 Å². The largest absolute Gasteiger partial charge is 0.368 e. The second-order valence-electron chi connectivity index (χ2n) is 6.12.